The number of nitrogens with two attached hydrogens (primary N) is 1. The van der Waals surface area contributed by atoms with Crippen molar-refractivity contribution in [2.75, 3.05) is 11.6 Å². The number of carbonyl (C=O) groups is 2. The summed E-state index contributed by atoms with van der Waals surface area (Å²) in [7, 11) is 2.15. The monoisotopic (exact) mass is 381 g/mol. The van der Waals surface area contributed by atoms with Gasteiger partial charge in [0.15, 0.2) is 11.6 Å². The summed E-state index contributed by atoms with van der Waals surface area (Å²) < 4.78 is 40.4. The molecule has 1 saturated heterocycles. The zero-order valence-electron chi connectivity index (χ0n) is 13.4. The van der Waals surface area contributed by atoms with Gasteiger partial charge in [0.2, 0.25) is 5.91 Å². The van der Waals surface area contributed by atoms with E-state index in [4.69, 9.17) is 5.84 Å². The van der Waals surface area contributed by atoms with E-state index in [1.54, 1.807) is 0 Å². The summed E-state index contributed by atoms with van der Waals surface area (Å²) in [5.74, 6) is -0.164. The molecular formula is C17H15F3N3O2P. The van der Waals surface area contributed by atoms with Gasteiger partial charge in [-0.15, -0.1) is 9.24 Å². The van der Waals surface area contributed by atoms with Crippen LogP contribution < -0.4 is 21.5 Å². The van der Waals surface area contributed by atoms with Gasteiger partial charge in [0.05, 0.1) is 5.69 Å². The molecule has 0 bridgehead atoms. The summed E-state index contributed by atoms with van der Waals surface area (Å²) in [6.07, 6.45) is 0. The molecular weight excluding hydrogens is 366 g/mol. The fourth-order valence-corrected chi connectivity index (χ4v) is 3.29. The van der Waals surface area contributed by atoms with E-state index in [9.17, 15) is 22.8 Å². The molecule has 9 heteroatoms. The number of halogens is 3. The number of amides is 2. The maximum atomic E-state index is 13.7. The second kappa shape index (κ2) is 7.05. The molecule has 0 saturated carbocycles. The van der Waals surface area contributed by atoms with Gasteiger partial charge < -0.3 is 5.32 Å². The quantitative estimate of drug-likeness (QED) is 0.277. The Labute approximate surface area is 149 Å². The number of nitrogens with zero attached hydrogens (tertiary/aromatic N) is 1. The minimum Gasteiger partial charge on any atom is -0.355 e. The van der Waals surface area contributed by atoms with Crippen LogP contribution in [0.15, 0.2) is 36.4 Å². The van der Waals surface area contributed by atoms with Crippen molar-refractivity contribution in [2.45, 2.75) is 5.92 Å². The third kappa shape index (κ3) is 3.18. The van der Waals surface area contributed by atoms with Crippen molar-refractivity contribution in [3.05, 3.63) is 59.4 Å². The Morgan fingerprint density at radius 1 is 1.15 bits per heavy atom. The second-order valence-corrected chi connectivity index (χ2v) is 6.46. The topological polar surface area (TPSA) is 75.4 Å². The third-order valence-corrected chi connectivity index (χ3v) is 4.92. The smallest absolute Gasteiger partial charge is 0.254 e. The molecule has 3 rings (SSSR count). The molecule has 2 aromatic rings. The number of rotatable bonds is 3. The lowest BCUT2D eigenvalue weighted by molar-refractivity contribution is -0.131. The summed E-state index contributed by atoms with van der Waals surface area (Å²) >= 11 is 0. The lowest BCUT2D eigenvalue weighted by Gasteiger charge is -2.24. The van der Waals surface area contributed by atoms with Crippen LogP contribution >= 0.6 is 9.24 Å². The van der Waals surface area contributed by atoms with Crippen LogP contribution in [0.3, 0.4) is 0 Å². The predicted molar refractivity (Wildman–Crippen MR) is 93.0 cm³/mol. The first-order valence-electron chi connectivity index (χ1n) is 7.66. The summed E-state index contributed by atoms with van der Waals surface area (Å²) in [5.41, 5.74) is 0.378. The number of hydrazine groups is 1. The summed E-state index contributed by atoms with van der Waals surface area (Å²) in [4.78, 5) is 25.0. The Hall–Kier alpha value is -2.44. The highest BCUT2D eigenvalue weighted by molar-refractivity contribution is 7.28. The SMILES string of the molecule is NN(C(=O)C1C(=O)NCC1c1ccc(F)c(F)c1)c1cccc(F)c1P. The lowest BCUT2D eigenvalue weighted by Crippen LogP contribution is -2.46. The van der Waals surface area contributed by atoms with E-state index in [2.05, 4.69) is 14.6 Å². The molecule has 1 aliphatic rings. The average Bonchev–Trinajstić information content (AvgIpc) is 3.00. The molecule has 2 amide bonds. The normalized spacial score (nSPS) is 19.3. The number of hydrogen-bond donors (Lipinski definition) is 2. The van der Waals surface area contributed by atoms with Crippen LogP contribution in [0.2, 0.25) is 0 Å². The molecule has 0 radical (unpaired) electrons. The highest BCUT2D eigenvalue weighted by atomic mass is 31.0. The number of benzene rings is 2. The van der Waals surface area contributed by atoms with E-state index in [0.717, 1.165) is 12.1 Å². The molecule has 26 heavy (non-hydrogen) atoms. The van der Waals surface area contributed by atoms with Gasteiger partial charge in [-0.3, -0.25) is 9.59 Å². The fourth-order valence-electron chi connectivity index (χ4n) is 2.96. The predicted octanol–water partition coefficient (Wildman–Crippen LogP) is 1.34. The molecule has 3 N–H and O–H groups in total. The van der Waals surface area contributed by atoms with Gasteiger partial charge in [-0.05, 0) is 29.8 Å². The van der Waals surface area contributed by atoms with Crippen LogP contribution in [-0.2, 0) is 9.59 Å². The largest absolute Gasteiger partial charge is 0.355 e. The molecule has 2 aromatic carbocycles. The van der Waals surface area contributed by atoms with Crippen molar-refractivity contribution >= 4 is 32.0 Å². The van der Waals surface area contributed by atoms with Gasteiger partial charge in [0.25, 0.3) is 5.91 Å². The van der Waals surface area contributed by atoms with Gasteiger partial charge in [-0.25, -0.2) is 24.0 Å². The molecule has 3 unspecified atom stereocenters. The first-order chi connectivity index (χ1) is 12.3. The number of nitrogens with one attached hydrogen (secondary N) is 1. The summed E-state index contributed by atoms with van der Waals surface area (Å²) in [5, 5.41) is 3.31. The van der Waals surface area contributed by atoms with Crippen LogP contribution in [-0.4, -0.2) is 18.4 Å². The second-order valence-electron chi connectivity index (χ2n) is 5.88. The van der Waals surface area contributed by atoms with Gasteiger partial charge in [0, 0.05) is 17.8 Å². The highest BCUT2D eigenvalue weighted by Crippen LogP contribution is 2.32. The summed E-state index contributed by atoms with van der Waals surface area (Å²) in [6, 6.07) is 7.22. The van der Waals surface area contributed by atoms with E-state index >= 15 is 0 Å². The Morgan fingerprint density at radius 2 is 1.88 bits per heavy atom. The molecule has 0 aromatic heterocycles. The standard InChI is InChI=1S/C17H15F3N3O2P/c18-10-5-4-8(6-12(10)20)9-7-22-16(24)14(9)17(25)23(21)13-3-1-2-11(19)15(13)26/h1-6,9,14H,7,21,26H2,(H,22,24). The molecule has 1 heterocycles. The van der Waals surface area contributed by atoms with E-state index in [1.807, 2.05) is 0 Å². The molecule has 136 valence electrons. The Bertz CT molecular complexity index is 894. The third-order valence-electron chi connectivity index (χ3n) is 4.35. The molecule has 5 nitrogen and oxygen atoms in total. The molecule has 1 fully saturated rings. The van der Waals surface area contributed by atoms with Crippen LogP contribution in [0.1, 0.15) is 11.5 Å². The molecule has 1 aliphatic heterocycles. The van der Waals surface area contributed by atoms with Crippen LogP contribution in [0.4, 0.5) is 18.9 Å². The molecule has 3 atom stereocenters. The van der Waals surface area contributed by atoms with Crippen molar-refractivity contribution < 1.29 is 22.8 Å². The lowest BCUT2D eigenvalue weighted by atomic mass is 9.87. The Balaban J connectivity index is 1.94. The maximum Gasteiger partial charge on any atom is 0.254 e. The van der Waals surface area contributed by atoms with Gasteiger partial charge in [0.1, 0.15) is 11.7 Å². The van der Waals surface area contributed by atoms with Crippen LogP contribution in [0.5, 0.6) is 0 Å². The van der Waals surface area contributed by atoms with Crippen molar-refractivity contribution in [1.29, 1.82) is 0 Å². The van der Waals surface area contributed by atoms with Crippen LogP contribution in [0.25, 0.3) is 0 Å². The molecule has 0 aliphatic carbocycles. The van der Waals surface area contributed by atoms with Crippen molar-refractivity contribution in [3.63, 3.8) is 0 Å². The number of carbonyl (C=O) groups excluding carboxylic acids is 2. The number of hydrogen-bond acceptors (Lipinski definition) is 3. The van der Waals surface area contributed by atoms with Crippen molar-refractivity contribution in [2.24, 2.45) is 11.8 Å². The van der Waals surface area contributed by atoms with Gasteiger partial charge in [-0.2, -0.15) is 0 Å². The first kappa shape index (κ1) is 18.4. The zero-order chi connectivity index (χ0) is 19.0. The minimum absolute atomic E-state index is 0.0744. The van der Waals surface area contributed by atoms with Gasteiger partial charge >= 0.3 is 0 Å². The Kier molecular flexibility index (Phi) is 4.98. The summed E-state index contributed by atoms with van der Waals surface area (Å²) in [6.45, 7) is 0.0744. The van der Waals surface area contributed by atoms with Gasteiger partial charge in [-0.1, -0.05) is 12.1 Å². The van der Waals surface area contributed by atoms with E-state index in [1.165, 1.54) is 24.3 Å². The van der Waals surface area contributed by atoms with Crippen molar-refractivity contribution in [1.82, 2.24) is 5.32 Å². The Morgan fingerprint density at radius 3 is 2.58 bits per heavy atom. The fraction of sp³-hybridized carbons (Fsp3) is 0.176. The van der Waals surface area contributed by atoms with E-state index in [0.29, 0.717) is 10.6 Å². The van der Waals surface area contributed by atoms with E-state index in [-0.39, 0.29) is 17.5 Å². The maximum absolute atomic E-state index is 13.7. The number of anilines is 1. The highest BCUT2D eigenvalue weighted by Gasteiger charge is 2.43. The molecule has 0 spiro atoms. The average molecular weight is 381 g/mol. The minimum atomic E-state index is -1.24. The van der Waals surface area contributed by atoms with Crippen LogP contribution in [0, 0.1) is 23.4 Å². The first-order valence-corrected chi connectivity index (χ1v) is 8.24. The zero-order valence-corrected chi connectivity index (χ0v) is 14.5. The van der Waals surface area contributed by atoms with Crippen molar-refractivity contribution in [3.8, 4) is 0 Å². The van der Waals surface area contributed by atoms with E-state index < -0.39 is 41.1 Å².